The molecule has 0 aliphatic rings. The van der Waals surface area contributed by atoms with Crippen LogP contribution in [-0.2, 0) is 46.3 Å². The summed E-state index contributed by atoms with van der Waals surface area (Å²) in [6, 6.07) is 16.5. The lowest BCUT2D eigenvalue weighted by Gasteiger charge is -2.27. The summed E-state index contributed by atoms with van der Waals surface area (Å²) in [6.07, 6.45) is -7.83. The number of ether oxygens (including phenoxy) is 1. The van der Waals surface area contributed by atoms with Crippen molar-refractivity contribution in [1.29, 1.82) is 0 Å². The maximum atomic E-state index is 14.0. The molecule has 0 fully saturated rings. The summed E-state index contributed by atoms with van der Waals surface area (Å²) in [5, 5.41) is 19.1. The van der Waals surface area contributed by atoms with Gasteiger partial charge in [-0.2, -0.15) is 13.2 Å². The smallest absolute Gasteiger partial charge is 0.408 e. The van der Waals surface area contributed by atoms with E-state index in [9.17, 15) is 40.9 Å². The number of carbonyl (C=O) groups is 2. The Hall–Kier alpha value is -3.88. The van der Waals surface area contributed by atoms with Gasteiger partial charge >= 0.3 is 12.3 Å². The molecular weight excluding hydrogens is 657 g/mol. The summed E-state index contributed by atoms with van der Waals surface area (Å²) in [5.41, 5.74) is 2.82. The Balaban J connectivity index is 1.75. The van der Waals surface area contributed by atoms with E-state index in [4.69, 9.17) is 4.74 Å². The van der Waals surface area contributed by atoms with Gasteiger partial charge in [-0.3, -0.25) is 9.00 Å². The Morgan fingerprint density at radius 3 is 2.23 bits per heavy atom. The van der Waals surface area contributed by atoms with Crippen LogP contribution in [0.3, 0.4) is 0 Å². The summed E-state index contributed by atoms with van der Waals surface area (Å²) in [5.74, 6) is -3.59. The highest BCUT2D eigenvalue weighted by Crippen LogP contribution is 2.21. The molecule has 0 saturated carbocycles. The standard InChI is InChI=1S/C34H40F5N3O5S/c1-2-23-10-6-11-25(14-23)19-40-20-31(43)29(17-26-15-27(35)18-28(36)16-26)41-32(44)30(22-48(46)13-7-12-34(37,38)39)42-33(45)47-21-24-8-4-3-5-9-24/h3-6,8-11,14-16,18,29-31,40,43H,2,7,12-13,17,19-22H2,1H3,(H,41,44)(H,42,45)/t29-,30+,31+,48?/m0/s1. The zero-order valence-electron chi connectivity index (χ0n) is 26.4. The lowest BCUT2D eigenvalue weighted by Crippen LogP contribution is -2.56. The van der Waals surface area contributed by atoms with Gasteiger partial charge < -0.3 is 25.8 Å². The molecule has 1 unspecified atom stereocenters. The van der Waals surface area contributed by atoms with Crippen molar-refractivity contribution >= 4 is 22.8 Å². The largest absolute Gasteiger partial charge is 0.445 e. The number of benzene rings is 3. The van der Waals surface area contributed by atoms with Crippen LogP contribution in [-0.4, -0.2) is 63.7 Å². The maximum Gasteiger partial charge on any atom is 0.408 e. The number of hydrogen-bond acceptors (Lipinski definition) is 6. The number of hydrogen-bond donors (Lipinski definition) is 4. The molecule has 3 aromatic rings. The van der Waals surface area contributed by atoms with E-state index >= 15 is 0 Å². The van der Waals surface area contributed by atoms with Gasteiger partial charge in [0.15, 0.2) is 0 Å². The maximum absolute atomic E-state index is 14.0. The van der Waals surface area contributed by atoms with Gasteiger partial charge in [0.05, 0.1) is 17.9 Å². The molecule has 48 heavy (non-hydrogen) atoms. The number of alkyl carbamates (subject to hydrolysis) is 1. The molecule has 8 nitrogen and oxygen atoms in total. The third-order valence-corrected chi connectivity index (χ3v) is 8.71. The van der Waals surface area contributed by atoms with Crippen LogP contribution < -0.4 is 16.0 Å². The summed E-state index contributed by atoms with van der Waals surface area (Å²) in [6.45, 7) is 2.17. The first kappa shape index (κ1) is 38.6. The molecule has 4 atom stereocenters. The van der Waals surface area contributed by atoms with Gasteiger partial charge in [0.2, 0.25) is 5.91 Å². The summed E-state index contributed by atoms with van der Waals surface area (Å²) >= 11 is 0. The van der Waals surface area contributed by atoms with Crippen LogP contribution >= 0.6 is 0 Å². The molecule has 0 heterocycles. The predicted octanol–water partition coefficient (Wildman–Crippen LogP) is 5.09. The van der Waals surface area contributed by atoms with Crippen molar-refractivity contribution in [2.24, 2.45) is 0 Å². The third-order valence-electron chi connectivity index (χ3n) is 7.26. The highest BCUT2D eigenvalue weighted by atomic mass is 32.2. The first-order chi connectivity index (χ1) is 22.8. The molecule has 0 aliphatic heterocycles. The Bertz CT molecular complexity index is 1480. The average molecular weight is 698 g/mol. The molecule has 4 N–H and O–H groups in total. The molecule has 0 spiro atoms. The van der Waals surface area contributed by atoms with Crippen LogP contribution in [0.15, 0.2) is 72.8 Å². The van der Waals surface area contributed by atoms with Crippen LogP contribution in [0.1, 0.15) is 42.0 Å². The van der Waals surface area contributed by atoms with Crippen molar-refractivity contribution in [3.8, 4) is 0 Å². The minimum absolute atomic E-state index is 0.0559. The quantitative estimate of drug-likeness (QED) is 0.138. The number of nitrogens with one attached hydrogen (secondary N) is 3. The van der Waals surface area contributed by atoms with Crippen molar-refractivity contribution < 1.29 is 45.6 Å². The molecule has 0 radical (unpaired) electrons. The molecule has 0 aliphatic carbocycles. The fourth-order valence-corrected chi connectivity index (χ4v) is 6.05. The van der Waals surface area contributed by atoms with E-state index in [0.29, 0.717) is 18.2 Å². The van der Waals surface area contributed by atoms with Crippen LogP contribution in [0, 0.1) is 11.6 Å². The molecule has 0 bridgehead atoms. The molecule has 0 aromatic heterocycles. The first-order valence-corrected chi connectivity index (χ1v) is 16.9. The van der Waals surface area contributed by atoms with Crippen molar-refractivity contribution in [2.45, 2.75) is 70.1 Å². The van der Waals surface area contributed by atoms with E-state index in [0.717, 1.165) is 29.7 Å². The van der Waals surface area contributed by atoms with Crippen LogP contribution in [0.4, 0.5) is 26.7 Å². The SMILES string of the molecule is CCc1cccc(CNC[C@@H](O)[C@H](Cc2cc(F)cc(F)c2)NC(=O)[C@@H](CS(=O)CCCC(F)(F)F)NC(=O)OCc2ccccc2)c1. The van der Waals surface area contributed by atoms with E-state index in [-0.39, 0.29) is 30.9 Å². The average Bonchev–Trinajstić information content (AvgIpc) is 3.02. The molecular formula is C34H40F5N3O5S. The molecule has 3 rings (SSSR count). The van der Waals surface area contributed by atoms with Gasteiger partial charge in [-0.25, -0.2) is 13.6 Å². The van der Waals surface area contributed by atoms with Gasteiger partial charge in [0.25, 0.3) is 0 Å². The molecule has 262 valence electrons. The Kier molecular flexibility index (Phi) is 15.4. The van der Waals surface area contributed by atoms with E-state index < -0.39 is 77.4 Å². The fraction of sp³-hybridized carbons (Fsp3) is 0.412. The zero-order chi connectivity index (χ0) is 35.1. The van der Waals surface area contributed by atoms with Gasteiger partial charge in [-0.15, -0.1) is 0 Å². The second-order valence-electron chi connectivity index (χ2n) is 11.3. The van der Waals surface area contributed by atoms with E-state index in [1.165, 1.54) is 0 Å². The molecule has 14 heteroatoms. The zero-order valence-corrected chi connectivity index (χ0v) is 27.2. The van der Waals surface area contributed by atoms with Gasteiger partial charge in [0.1, 0.15) is 24.3 Å². The summed E-state index contributed by atoms with van der Waals surface area (Å²) in [7, 11) is -1.97. The van der Waals surface area contributed by atoms with Crippen LogP contribution in [0.5, 0.6) is 0 Å². The monoisotopic (exact) mass is 697 g/mol. The van der Waals surface area contributed by atoms with Crippen molar-refractivity contribution in [3.63, 3.8) is 0 Å². The summed E-state index contributed by atoms with van der Waals surface area (Å²) < 4.78 is 83.9. The second-order valence-corrected chi connectivity index (χ2v) is 12.9. The number of aliphatic hydroxyl groups excluding tert-OH is 1. The highest BCUT2D eigenvalue weighted by Gasteiger charge is 2.30. The lowest BCUT2D eigenvalue weighted by molar-refractivity contribution is -0.134. The minimum Gasteiger partial charge on any atom is -0.445 e. The van der Waals surface area contributed by atoms with Crippen molar-refractivity contribution in [3.05, 3.63) is 107 Å². The topological polar surface area (TPSA) is 117 Å². The lowest BCUT2D eigenvalue weighted by atomic mass is 10.00. The summed E-state index contributed by atoms with van der Waals surface area (Å²) in [4.78, 5) is 26.2. The predicted molar refractivity (Wildman–Crippen MR) is 172 cm³/mol. The molecule has 0 saturated heterocycles. The van der Waals surface area contributed by atoms with Crippen LogP contribution in [0.25, 0.3) is 0 Å². The Morgan fingerprint density at radius 1 is 0.896 bits per heavy atom. The van der Waals surface area contributed by atoms with Gasteiger partial charge in [-0.1, -0.05) is 61.5 Å². The normalized spacial score (nSPS) is 14.1. The van der Waals surface area contributed by atoms with E-state index in [1.807, 2.05) is 31.2 Å². The number of halogens is 5. The Labute approximate surface area is 278 Å². The number of alkyl halides is 3. The third kappa shape index (κ3) is 14.5. The number of aliphatic hydroxyl groups is 1. The number of rotatable bonds is 18. The van der Waals surface area contributed by atoms with Crippen molar-refractivity contribution in [1.82, 2.24) is 16.0 Å². The molecule has 3 aromatic carbocycles. The van der Waals surface area contributed by atoms with E-state index in [2.05, 4.69) is 16.0 Å². The van der Waals surface area contributed by atoms with Crippen LogP contribution in [0.2, 0.25) is 0 Å². The highest BCUT2D eigenvalue weighted by molar-refractivity contribution is 7.85. The number of aryl methyl sites for hydroxylation is 1. The number of amides is 2. The van der Waals surface area contributed by atoms with Gasteiger partial charge in [-0.05, 0) is 53.6 Å². The van der Waals surface area contributed by atoms with E-state index in [1.54, 1.807) is 30.3 Å². The second kappa shape index (κ2) is 19.2. The fourth-order valence-electron chi connectivity index (χ4n) is 4.81. The molecule has 2 amide bonds. The van der Waals surface area contributed by atoms with Crippen molar-refractivity contribution in [2.75, 3.05) is 18.1 Å². The number of carbonyl (C=O) groups excluding carboxylic acids is 2. The minimum atomic E-state index is -4.45. The van der Waals surface area contributed by atoms with Gasteiger partial charge in [0, 0.05) is 42.1 Å². The Morgan fingerprint density at radius 2 is 1.56 bits per heavy atom. The first-order valence-electron chi connectivity index (χ1n) is 15.4.